The molecule has 2 rings (SSSR count). The first-order valence-electron chi connectivity index (χ1n) is 8.10. The zero-order valence-corrected chi connectivity index (χ0v) is 13.3. The van der Waals surface area contributed by atoms with Gasteiger partial charge < -0.3 is 19.5 Å². The quantitative estimate of drug-likeness (QED) is 0.513. The van der Waals surface area contributed by atoms with Gasteiger partial charge in [0.2, 0.25) is 11.8 Å². The van der Waals surface area contributed by atoms with E-state index in [0.29, 0.717) is 13.2 Å². The first-order chi connectivity index (χ1) is 11.2. The van der Waals surface area contributed by atoms with Crippen LogP contribution in [0, 0.1) is 0 Å². The third-order valence-electron chi connectivity index (χ3n) is 3.80. The van der Waals surface area contributed by atoms with Gasteiger partial charge >= 0.3 is 6.09 Å². The number of hydrogen-bond acceptors (Lipinski definition) is 6. The van der Waals surface area contributed by atoms with Crippen molar-refractivity contribution in [3.63, 3.8) is 0 Å². The van der Waals surface area contributed by atoms with E-state index in [-0.39, 0.29) is 50.5 Å². The molecule has 0 spiro atoms. The number of carbonyl (C=O) groups excluding carboxylic acids is 3. The van der Waals surface area contributed by atoms with Crippen molar-refractivity contribution in [2.24, 2.45) is 0 Å². The van der Waals surface area contributed by atoms with Gasteiger partial charge in [-0.25, -0.2) is 4.79 Å². The second kappa shape index (κ2) is 9.46. The summed E-state index contributed by atoms with van der Waals surface area (Å²) in [6, 6.07) is 0. The van der Waals surface area contributed by atoms with Crippen LogP contribution in [0.2, 0.25) is 0 Å². The molecule has 8 heteroatoms. The molecule has 1 unspecified atom stereocenters. The summed E-state index contributed by atoms with van der Waals surface area (Å²) in [7, 11) is 0. The minimum absolute atomic E-state index is 0.00119. The van der Waals surface area contributed by atoms with Crippen LogP contribution in [0.4, 0.5) is 4.79 Å². The maximum Gasteiger partial charge on any atom is 0.407 e. The van der Waals surface area contributed by atoms with Gasteiger partial charge in [0.25, 0.3) is 0 Å². The van der Waals surface area contributed by atoms with Crippen molar-refractivity contribution in [1.82, 2.24) is 10.2 Å². The van der Waals surface area contributed by atoms with Crippen LogP contribution in [0.5, 0.6) is 0 Å². The van der Waals surface area contributed by atoms with Crippen LogP contribution in [-0.2, 0) is 23.8 Å². The first kappa shape index (κ1) is 17.7. The van der Waals surface area contributed by atoms with Gasteiger partial charge in [-0.2, -0.15) is 0 Å². The lowest BCUT2D eigenvalue weighted by molar-refractivity contribution is -0.139. The SMILES string of the molecule is O=C(NCCOCCN1C(=O)CCC1=O)OCC1CCCCO1. The minimum atomic E-state index is -0.493. The molecule has 23 heavy (non-hydrogen) atoms. The van der Waals surface area contributed by atoms with E-state index >= 15 is 0 Å². The highest BCUT2D eigenvalue weighted by atomic mass is 16.6. The smallest absolute Gasteiger partial charge is 0.407 e. The summed E-state index contributed by atoms with van der Waals surface area (Å²) in [5, 5.41) is 2.58. The lowest BCUT2D eigenvalue weighted by Crippen LogP contribution is -2.34. The first-order valence-corrected chi connectivity index (χ1v) is 8.10. The Morgan fingerprint density at radius 3 is 2.70 bits per heavy atom. The van der Waals surface area contributed by atoms with Gasteiger partial charge in [-0.3, -0.25) is 14.5 Å². The Bertz CT molecular complexity index is 406. The molecule has 0 aromatic carbocycles. The van der Waals surface area contributed by atoms with Gasteiger partial charge in [0.05, 0.1) is 25.9 Å². The summed E-state index contributed by atoms with van der Waals surface area (Å²) in [6.07, 6.45) is 3.17. The third-order valence-corrected chi connectivity index (χ3v) is 3.80. The number of amides is 3. The van der Waals surface area contributed by atoms with Crippen LogP contribution in [0.15, 0.2) is 0 Å². The van der Waals surface area contributed by atoms with Gasteiger partial charge in [-0.15, -0.1) is 0 Å². The predicted molar refractivity (Wildman–Crippen MR) is 79.7 cm³/mol. The van der Waals surface area contributed by atoms with Crippen LogP contribution in [0.25, 0.3) is 0 Å². The van der Waals surface area contributed by atoms with Crippen LogP contribution in [0.3, 0.4) is 0 Å². The third kappa shape index (κ3) is 6.15. The highest BCUT2D eigenvalue weighted by molar-refractivity contribution is 6.01. The van der Waals surface area contributed by atoms with Crippen molar-refractivity contribution in [3.05, 3.63) is 0 Å². The van der Waals surface area contributed by atoms with Crippen molar-refractivity contribution in [2.45, 2.75) is 38.2 Å². The van der Waals surface area contributed by atoms with Crippen LogP contribution in [0.1, 0.15) is 32.1 Å². The molecule has 2 saturated heterocycles. The summed E-state index contributed by atoms with van der Waals surface area (Å²) in [5.41, 5.74) is 0. The fourth-order valence-electron chi connectivity index (χ4n) is 2.51. The van der Waals surface area contributed by atoms with E-state index in [0.717, 1.165) is 25.9 Å². The highest BCUT2D eigenvalue weighted by Crippen LogP contribution is 2.12. The van der Waals surface area contributed by atoms with Gasteiger partial charge in [0, 0.05) is 26.0 Å². The zero-order valence-electron chi connectivity index (χ0n) is 13.3. The van der Waals surface area contributed by atoms with E-state index in [1.807, 2.05) is 0 Å². The van der Waals surface area contributed by atoms with E-state index in [1.54, 1.807) is 0 Å². The van der Waals surface area contributed by atoms with Crippen molar-refractivity contribution >= 4 is 17.9 Å². The average molecular weight is 328 g/mol. The number of nitrogens with zero attached hydrogens (tertiary/aromatic N) is 1. The fourth-order valence-corrected chi connectivity index (χ4v) is 2.51. The number of ether oxygens (including phenoxy) is 3. The monoisotopic (exact) mass is 328 g/mol. The predicted octanol–water partition coefficient (Wildman–Crippen LogP) is 0.447. The van der Waals surface area contributed by atoms with E-state index in [1.165, 1.54) is 4.90 Å². The fraction of sp³-hybridized carbons (Fsp3) is 0.800. The average Bonchev–Trinajstić information content (AvgIpc) is 2.88. The Morgan fingerprint density at radius 1 is 1.22 bits per heavy atom. The molecule has 0 aromatic rings. The van der Waals surface area contributed by atoms with Crippen LogP contribution < -0.4 is 5.32 Å². The highest BCUT2D eigenvalue weighted by Gasteiger charge is 2.28. The van der Waals surface area contributed by atoms with Crippen molar-refractivity contribution in [2.75, 3.05) is 39.5 Å². The molecule has 0 aromatic heterocycles. The van der Waals surface area contributed by atoms with Crippen molar-refractivity contribution in [1.29, 1.82) is 0 Å². The summed E-state index contributed by atoms with van der Waals surface area (Å²) in [4.78, 5) is 35.4. The van der Waals surface area contributed by atoms with Gasteiger partial charge in [0.15, 0.2) is 0 Å². The van der Waals surface area contributed by atoms with E-state index in [4.69, 9.17) is 14.2 Å². The molecule has 0 saturated carbocycles. The molecule has 0 aliphatic carbocycles. The molecule has 1 atom stereocenters. The molecule has 0 radical (unpaired) electrons. The summed E-state index contributed by atoms with van der Waals surface area (Å²) in [6.45, 7) is 2.14. The van der Waals surface area contributed by atoms with Gasteiger partial charge in [0.1, 0.15) is 6.61 Å². The number of hydrogen-bond donors (Lipinski definition) is 1. The second-order valence-corrected chi connectivity index (χ2v) is 5.57. The van der Waals surface area contributed by atoms with Crippen LogP contribution in [-0.4, -0.2) is 68.4 Å². The molecule has 2 aliphatic rings. The van der Waals surface area contributed by atoms with E-state index in [2.05, 4.69) is 5.32 Å². The topological polar surface area (TPSA) is 94.2 Å². The number of likely N-dealkylation sites (tertiary alicyclic amines) is 1. The molecule has 8 nitrogen and oxygen atoms in total. The van der Waals surface area contributed by atoms with Gasteiger partial charge in [-0.05, 0) is 19.3 Å². The zero-order chi connectivity index (χ0) is 16.5. The Morgan fingerprint density at radius 2 is 2.00 bits per heavy atom. The Kier molecular flexibility index (Phi) is 7.28. The van der Waals surface area contributed by atoms with Crippen molar-refractivity contribution in [3.8, 4) is 0 Å². The molecule has 0 bridgehead atoms. The van der Waals surface area contributed by atoms with Crippen molar-refractivity contribution < 1.29 is 28.6 Å². The summed E-state index contributed by atoms with van der Waals surface area (Å²) in [5.74, 6) is -0.296. The number of carbonyl (C=O) groups is 3. The maximum atomic E-state index is 11.5. The standard InChI is InChI=1S/C15H24N2O6/c18-13-4-5-14(19)17(13)7-10-21-9-6-16-15(20)23-11-12-3-1-2-8-22-12/h12H,1-11H2,(H,16,20). The summed E-state index contributed by atoms with van der Waals surface area (Å²) >= 11 is 0. The number of imide groups is 1. The van der Waals surface area contributed by atoms with E-state index in [9.17, 15) is 14.4 Å². The summed E-state index contributed by atoms with van der Waals surface area (Å²) < 4.78 is 15.8. The number of rotatable bonds is 8. The minimum Gasteiger partial charge on any atom is -0.447 e. The lowest BCUT2D eigenvalue weighted by atomic mass is 10.1. The molecule has 1 N–H and O–H groups in total. The molecular weight excluding hydrogens is 304 g/mol. The molecule has 2 aliphatic heterocycles. The molecule has 130 valence electrons. The Balaban J connectivity index is 1.44. The Labute approximate surface area is 135 Å². The normalized spacial score (nSPS) is 21.6. The molecule has 2 fully saturated rings. The number of nitrogens with one attached hydrogen (secondary N) is 1. The Hall–Kier alpha value is -1.67. The van der Waals surface area contributed by atoms with Crippen LogP contribution >= 0.6 is 0 Å². The van der Waals surface area contributed by atoms with E-state index < -0.39 is 6.09 Å². The second-order valence-electron chi connectivity index (χ2n) is 5.57. The molecular formula is C15H24N2O6. The van der Waals surface area contributed by atoms with Gasteiger partial charge in [-0.1, -0.05) is 0 Å². The lowest BCUT2D eigenvalue weighted by Gasteiger charge is -2.22. The number of alkyl carbamates (subject to hydrolysis) is 1. The molecule has 3 amide bonds. The largest absolute Gasteiger partial charge is 0.447 e. The molecule has 2 heterocycles. The maximum absolute atomic E-state index is 11.5.